The highest BCUT2D eigenvalue weighted by atomic mass is 16.5. The number of fused-ring (bicyclic) bond motifs is 2. The van der Waals surface area contributed by atoms with Crippen LogP contribution in [0.5, 0.6) is 0 Å². The van der Waals surface area contributed by atoms with E-state index in [4.69, 9.17) is 9.47 Å². The molecule has 0 N–H and O–H groups in total. The van der Waals surface area contributed by atoms with Crippen molar-refractivity contribution in [2.45, 2.75) is 196 Å². The van der Waals surface area contributed by atoms with Gasteiger partial charge in [-0.25, -0.2) is 0 Å². The van der Waals surface area contributed by atoms with Crippen LogP contribution in [0.4, 0.5) is 0 Å². The summed E-state index contributed by atoms with van der Waals surface area (Å²) < 4.78 is 11.9. The molecule has 2 aliphatic rings. The highest BCUT2D eigenvalue weighted by molar-refractivity contribution is 5.70. The smallest absolute Gasteiger partial charge is 0.306 e. The van der Waals surface area contributed by atoms with Crippen LogP contribution in [0.1, 0.15) is 196 Å². The number of rotatable bonds is 24. The van der Waals surface area contributed by atoms with Crippen molar-refractivity contribution >= 4 is 11.9 Å². The molecule has 0 spiro atoms. The van der Waals surface area contributed by atoms with Gasteiger partial charge in [0.1, 0.15) is 0 Å². The molecule has 0 aromatic heterocycles. The minimum absolute atomic E-state index is 0.0119. The van der Waals surface area contributed by atoms with E-state index < -0.39 is 0 Å². The Morgan fingerprint density at radius 3 is 1.82 bits per heavy atom. The Labute approximate surface area is 274 Å². The van der Waals surface area contributed by atoms with Gasteiger partial charge in [-0.3, -0.25) is 9.59 Å². The van der Waals surface area contributed by atoms with Crippen LogP contribution < -0.4 is 0 Å². The van der Waals surface area contributed by atoms with E-state index in [-0.39, 0.29) is 22.8 Å². The van der Waals surface area contributed by atoms with Gasteiger partial charge in [-0.1, -0.05) is 119 Å². The predicted octanol–water partition coefficient (Wildman–Crippen LogP) is 12.0. The Morgan fingerprint density at radius 2 is 1.27 bits per heavy atom. The Balaban J connectivity index is 2.03. The third kappa shape index (κ3) is 13.4. The molecule has 5 atom stereocenters. The van der Waals surface area contributed by atoms with Crippen molar-refractivity contribution < 1.29 is 19.1 Å². The summed E-state index contributed by atoms with van der Waals surface area (Å²) in [4.78, 5) is 25.8. The minimum atomic E-state index is -0.0119. The molecular formula is C40H74O4. The molecule has 2 fully saturated rings. The summed E-state index contributed by atoms with van der Waals surface area (Å²) in [6, 6.07) is 0. The van der Waals surface area contributed by atoms with Crippen LogP contribution in [0.2, 0.25) is 0 Å². The Bertz CT molecular complexity index is 799. The van der Waals surface area contributed by atoms with Crippen molar-refractivity contribution in [2.24, 2.45) is 34.0 Å². The number of carbonyl (C=O) groups excluding carboxylic acids is 2. The van der Waals surface area contributed by atoms with Gasteiger partial charge in [0, 0.05) is 12.8 Å². The van der Waals surface area contributed by atoms with Gasteiger partial charge in [0.2, 0.25) is 0 Å². The maximum absolute atomic E-state index is 13.1. The van der Waals surface area contributed by atoms with Crippen LogP contribution in [0.25, 0.3) is 0 Å². The van der Waals surface area contributed by atoms with Gasteiger partial charge in [0.05, 0.1) is 13.2 Å². The van der Waals surface area contributed by atoms with Gasteiger partial charge in [0.25, 0.3) is 0 Å². The van der Waals surface area contributed by atoms with Gasteiger partial charge in [-0.05, 0) is 98.2 Å². The number of esters is 2. The topological polar surface area (TPSA) is 52.6 Å². The summed E-state index contributed by atoms with van der Waals surface area (Å²) in [6.45, 7) is 17.2. The summed E-state index contributed by atoms with van der Waals surface area (Å²) in [5, 5.41) is 0. The number of hydrogen-bond donors (Lipinski definition) is 0. The predicted molar refractivity (Wildman–Crippen MR) is 186 cm³/mol. The zero-order valence-electron chi connectivity index (χ0n) is 30.5. The molecular weight excluding hydrogens is 544 g/mol. The monoisotopic (exact) mass is 619 g/mol. The van der Waals surface area contributed by atoms with Crippen molar-refractivity contribution in [2.75, 3.05) is 13.2 Å². The molecule has 0 aromatic rings. The first-order valence-electron chi connectivity index (χ1n) is 19.4. The zero-order chi connectivity index (χ0) is 32.5. The van der Waals surface area contributed by atoms with E-state index in [0.29, 0.717) is 43.3 Å². The number of carbonyl (C=O) groups is 2. The summed E-state index contributed by atoms with van der Waals surface area (Å²) in [7, 11) is 0. The van der Waals surface area contributed by atoms with E-state index in [9.17, 15) is 9.59 Å². The van der Waals surface area contributed by atoms with Crippen LogP contribution in [0.3, 0.4) is 0 Å². The van der Waals surface area contributed by atoms with Gasteiger partial charge in [0.15, 0.2) is 0 Å². The molecule has 0 aliphatic heterocycles. The van der Waals surface area contributed by atoms with Crippen molar-refractivity contribution in [1.82, 2.24) is 0 Å². The van der Waals surface area contributed by atoms with Crippen LogP contribution in [-0.2, 0) is 19.1 Å². The maximum atomic E-state index is 13.1. The molecule has 4 nitrogen and oxygen atoms in total. The van der Waals surface area contributed by atoms with E-state index in [1.165, 1.54) is 89.9 Å². The summed E-state index contributed by atoms with van der Waals surface area (Å²) >= 11 is 0. The largest absolute Gasteiger partial charge is 0.466 e. The van der Waals surface area contributed by atoms with Crippen molar-refractivity contribution in [1.29, 1.82) is 0 Å². The maximum Gasteiger partial charge on any atom is 0.306 e. The molecule has 2 bridgehead atoms. The van der Waals surface area contributed by atoms with Crippen molar-refractivity contribution in [3.8, 4) is 0 Å². The summed E-state index contributed by atoms with van der Waals surface area (Å²) in [5.41, 5.74) is 0.825. The van der Waals surface area contributed by atoms with E-state index in [2.05, 4.69) is 48.5 Å². The number of unbranched alkanes of at least 4 members (excludes halogenated alkanes) is 4. The normalized spacial score (nSPS) is 27.3. The van der Waals surface area contributed by atoms with E-state index in [0.717, 1.165) is 50.9 Å². The Morgan fingerprint density at radius 1 is 0.659 bits per heavy atom. The van der Waals surface area contributed by atoms with E-state index >= 15 is 0 Å². The minimum Gasteiger partial charge on any atom is -0.466 e. The molecule has 0 radical (unpaired) electrons. The quantitative estimate of drug-likeness (QED) is 0.0797. The number of ether oxygens (including phenoxy) is 2. The van der Waals surface area contributed by atoms with Crippen LogP contribution >= 0.6 is 0 Å². The second-order valence-electron chi connectivity index (χ2n) is 16.0. The molecule has 2 aliphatic carbocycles. The van der Waals surface area contributed by atoms with Crippen LogP contribution in [0.15, 0.2) is 0 Å². The van der Waals surface area contributed by atoms with E-state index in [1.54, 1.807) is 0 Å². The van der Waals surface area contributed by atoms with E-state index in [1.807, 2.05) is 0 Å². The summed E-state index contributed by atoms with van der Waals surface area (Å²) in [6.07, 6.45) is 26.2. The van der Waals surface area contributed by atoms with Crippen LogP contribution in [-0.4, -0.2) is 25.2 Å². The fourth-order valence-corrected chi connectivity index (χ4v) is 9.78. The second-order valence-corrected chi connectivity index (χ2v) is 16.0. The fraction of sp³-hybridized carbons (Fsp3) is 0.950. The average Bonchev–Trinajstić information content (AvgIpc) is 2.96. The summed E-state index contributed by atoms with van der Waals surface area (Å²) in [5.74, 6) is 1.66. The zero-order valence-corrected chi connectivity index (χ0v) is 30.5. The first kappa shape index (κ1) is 39.1. The third-order valence-corrected chi connectivity index (χ3v) is 11.8. The third-order valence-electron chi connectivity index (χ3n) is 11.8. The fourth-order valence-electron chi connectivity index (χ4n) is 9.78. The molecule has 258 valence electrons. The molecule has 0 heterocycles. The SMILES string of the molecule is CCCCCC(CCCCC)CC(=O)OCCC12CC(CC(C)(CCOC(=O)CC(CC)CCC)C1)CC(CC)(CCC)C2. The van der Waals surface area contributed by atoms with Crippen molar-refractivity contribution in [3.05, 3.63) is 0 Å². The number of hydrogen-bond acceptors (Lipinski definition) is 4. The molecule has 5 unspecified atom stereocenters. The lowest BCUT2D eigenvalue weighted by Gasteiger charge is -2.59. The van der Waals surface area contributed by atoms with Gasteiger partial charge >= 0.3 is 11.9 Å². The van der Waals surface area contributed by atoms with Crippen molar-refractivity contribution in [3.63, 3.8) is 0 Å². The molecule has 2 rings (SSSR count). The van der Waals surface area contributed by atoms with Gasteiger partial charge < -0.3 is 9.47 Å². The molecule has 44 heavy (non-hydrogen) atoms. The highest BCUT2D eigenvalue weighted by Crippen LogP contribution is 2.64. The second kappa shape index (κ2) is 20.2. The lowest BCUT2D eigenvalue weighted by atomic mass is 9.46. The van der Waals surface area contributed by atoms with Gasteiger partial charge in [-0.2, -0.15) is 0 Å². The Kier molecular flexibility index (Phi) is 18.0. The average molecular weight is 619 g/mol. The molecule has 0 amide bonds. The van der Waals surface area contributed by atoms with Crippen LogP contribution in [0, 0.1) is 34.0 Å². The lowest BCUT2D eigenvalue weighted by molar-refractivity contribution is -0.148. The standard InChI is InChI=1S/C40H74O4/c1-8-14-16-19-34(20-17-15-9-2)27-37(42)44-25-23-40-30-35(29-39(13-6,32-40)21-11-4)28-38(7,31-40)22-24-43-36(41)26-33(12-5)18-10-3/h33-35H,8-32H2,1-7H3. The molecule has 0 aromatic carbocycles. The van der Waals surface area contributed by atoms with Gasteiger partial charge in [-0.15, -0.1) is 0 Å². The highest BCUT2D eigenvalue weighted by Gasteiger charge is 2.53. The molecule has 0 saturated heterocycles. The Hall–Kier alpha value is -1.06. The lowest BCUT2D eigenvalue weighted by Crippen LogP contribution is -2.49. The molecule has 4 heteroatoms. The molecule has 2 saturated carbocycles. The first-order chi connectivity index (χ1) is 21.1. The first-order valence-corrected chi connectivity index (χ1v) is 19.4.